The first-order chi connectivity index (χ1) is 14.0. The van der Waals surface area contributed by atoms with Gasteiger partial charge in [0.15, 0.2) is 0 Å². The highest BCUT2D eigenvalue weighted by Gasteiger charge is 2.12. The molecule has 9 nitrogen and oxygen atoms in total. The average Bonchev–Trinajstić information content (AvgIpc) is 3.20. The van der Waals surface area contributed by atoms with E-state index in [1.54, 1.807) is 18.2 Å². The highest BCUT2D eigenvalue weighted by Crippen LogP contribution is 2.19. The van der Waals surface area contributed by atoms with Crippen LogP contribution in [0.3, 0.4) is 0 Å². The van der Waals surface area contributed by atoms with Crippen molar-refractivity contribution < 1.29 is 9.32 Å². The SMILES string of the molecule is Cn1c(=O)c(=O)[nH]c2cc(-c3noc(CNC(=O)Cc4ccccc4)n3)ccc21. The lowest BCUT2D eigenvalue weighted by atomic mass is 10.1. The molecule has 0 aliphatic rings. The topological polar surface area (TPSA) is 123 Å². The number of carbonyl (C=O) groups excluding carboxylic acids is 1. The van der Waals surface area contributed by atoms with Crippen molar-refractivity contribution in [1.29, 1.82) is 0 Å². The Labute approximate surface area is 164 Å². The number of nitrogens with one attached hydrogen (secondary N) is 2. The number of hydrogen-bond donors (Lipinski definition) is 2. The minimum Gasteiger partial charge on any atom is -0.347 e. The highest BCUT2D eigenvalue weighted by molar-refractivity contribution is 5.80. The number of H-pyrrole nitrogens is 1. The lowest BCUT2D eigenvalue weighted by Gasteiger charge is -2.04. The smallest absolute Gasteiger partial charge is 0.316 e. The van der Waals surface area contributed by atoms with Gasteiger partial charge in [0.25, 0.3) is 0 Å². The van der Waals surface area contributed by atoms with Crippen molar-refractivity contribution in [2.75, 3.05) is 0 Å². The Bertz CT molecular complexity index is 1300. The van der Waals surface area contributed by atoms with Gasteiger partial charge in [-0.1, -0.05) is 35.5 Å². The molecule has 9 heteroatoms. The molecule has 0 saturated heterocycles. The fourth-order valence-corrected chi connectivity index (χ4v) is 2.97. The van der Waals surface area contributed by atoms with Crippen LogP contribution in [0.15, 0.2) is 62.6 Å². The molecule has 0 unspecified atom stereocenters. The molecule has 2 aromatic carbocycles. The maximum Gasteiger partial charge on any atom is 0.316 e. The molecule has 4 aromatic rings. The number of hydrogen-bond acceptors (Lipinski definition) is 6. The number of benzene rings is 2. The predicted octanol–water partition coefficient (Wildman–Crippen LogP) is 1.14. The fraction of sp³-hybridized carbons (Fsp3) is 0.150. The van der Waals surface area contributed by atoms with Crippen LogP contribution in [0.4, 0.5) is 0 Å². The van der Waals surface area contributed by atoms with E-state index in [9.17, 15) is 14.4 Å². The normalized spacial score (nSPS) is 10.9. The van der Waals surface area contributed by atoms with E-state index in [4.69, 9.17) is 4.52 Å². The van der Waals surface area contributed by atoms with Crippen LogP contribution in [-0.2, 0) is 24.8 Å². The molecule has 4 rings (SSSR count). The fourth-order valence-electron chi connectivity index (χ4n) is 2.97. The molecule has 0 aliphatic heterocycles. The first-order valence-electron chi connectivity index (χ1n) is 8.88. The van der Waals surface area contributed by atoms with Gasteiger partial charge in [0.05, 0.1) is 24.0 Å². The van der Waals surface area contributed by atoms with Gasteiger partial charge in [-0.25, -0.2) is 0 Å². The summed E-state index contributed by atoms with van der Waals surface area (Å²) in [5.41, 5.74) is 1.26. The van der Waals surface area contributed by atoms with Crippen molar-refractivity contribution in [2.24, 2.45) is 7.05 Å². The number of aromatic nitrogens is 4. The molecule has 0 saturated carbocycles. The van der Waals surface area contributed by atoms with Gasteiger partial charge in [-0.3, -0.25) is 14.4 Å². The van der Waals surface area contributed by atoms with Crippen LogP contribution in [0.5, 0.6) is 0 Å². The van der Waals surface area contributed by atoms with Crippen LogP contribution in [-0.4, -0.2) is 25.6 Å². The Morgan fingerprint density at radius 2 is 1.97 bits per heavy atom. The average molecular weight is 391 g/mol. The molecule has 2 N–H and O–H groups in total. The standard InChI is InChI=1S/C20H17N5O4/c1-25-15-8-7-13(10-14(15)22-19(27)20(25)28)18-23-17(29-24-18)11-21-16(26)9-12-5-3-2-4-6-12/h2-8,10H,9,11H2,1H3,(H,21,26)(H,22,27). The van der Waals surface area contributed by atoms with Crippen molar-refractivity contribution in [3.05, 3.63) is 80.7 Å². The van der Waals surface area contributed by atoms with Crippen LogP contribution in [0.2, 0.25) is 0 Å². The van der Waals surface area contributed by atoms with E-state index >= 15 is 0 Å². The maximum absolute atomic E-state index is 12.0. The van der Waals surface area contributed by atoms with Crippen LogP contribution >= 0.6 is 0 Å². The number of fused-ring (bicyclic) bond motifs is 1. The Kier molecular flexibility index (Phi) is 4.78. The van der Waals surface area contributed by atoms with Gasteiger partial charge in [0, 0.05) is 12.6 Å². The van der Waals surface area contributed by atoms with Gasteiger partial charge >= 0.3 is 11.1 Å². The summed E-state index contributed by atoms with van der Waals surface area (Å²) in [7, 11) is 1.53. The molecule has 0 fully saturated rings. The summed E-state index contributed by atoms with van der Waals surface area (Å²) in [5, 5.41) is 6.66. The molecule has 146 valence electrons. The largest absolute Gasteiger partial charge is 0.347 e. The molecule has 2 heterocycles. The molecule has 0 spiro atoms. The van der Waals surface area contributed by atoms with Gasteiger partial charge in [-0.2, -0.15) is 4.98 Å². The first kappa shape index (κ1) is 18.4. The third kappa shape index (κ3) is 3.84. The summed E-state index contributed by atoms with van der Waals surface area (Å²) in [6.45, 7) is 0.109. The summed E-state index contributed by atoms with van der Waals surface area (Å²) >= 11 is 0. The molecule has 29 heavy (non-hydrogen) atoms. The number of rotatable bonds is 5. The van der Waals surface area contributed by atoms with E-state index in [0.29, 0.717) is 22.4 Å². The Morgan fingerprint density at radius 3 is 2.76 bits per heavy atom. The van der Waals surface area contributed by atoms with E-state index < -0.39 is 11.1 Å². The zero-order valence-corrected chi connectivity index (χ0v) is 15.5. The van der Waals surface area contributed by atoms with Crippen molar-refractivity contribution in [1.82, 2.24) is 25.0 Å². The lowest BCUT2D eigenvalue weighted by Crippen LogP contribution is -2.34. The van der Waals surface area contributed by atoms with E-state index in [1.165, 1.54) is 11.6 Å². The van der Waals surface area contributed by atoms with Gasteiger partial charge in [0.2, 0.25) is 17.6 Å². The summed E-state index contributed by atoms with van der Waals surface area (Å²) in [6, 6.07) is 14.5. The van der Waals surface area contributed by atoms with Crippen molar-refractivity contribution in [3.8, 4) is 11.4 Å². The van der Waals surface area contributed by atoms with E-state index in [-0.39, 0.29) is 24.8 Å². The molecule has 1 amide bonds. The molecule has 0 aliphatic carbocycles. The number of amides is 1. The predicted molar refractivity (Wildman–Crippen MR) is 105 cm³/mol. The third-order valence-electron chi connectivity index (χ3n) is 4.48. The molecule has 0 radical (unpaired) electrons. The van der Waals surface area contributed by atoms with Gasteiger partial charge in [-0.05, 0) is 23.8 Å². The van der Waals surface area contributed by atoms with E-state index in [2.05, 4.69) is 20.4 Å². The van der Waals surface area contributed by atoms with Crippen LogP contribution < -0.4 is 16.4 Å². The van der Waals surface area contributed by atoms with Gasteiger partial charge in [0.1, 0.15) is 0 Å². The van der Waals surface area contributed by atoms with Gasteiger partial charge in [-0.15, -0.1) is 0 Å². The second-order valence-electron chi connectivity index (χ2n) is 6.50. The minimum atomic E-state index is -0.702. The molecular weight excluding hydrogens is 374 g/mol. The van der Waals surface area contributed by atoms with Crippen molar-refractivity contribution >= 4 is 16.9 Å². The van der Waals surface area contributed by atoms with Crippen LogP contribution in [0.25, 0.3) is 22.4 Å². The monoisotopic (exact) mass is 391 g/mol. The second-order valence-corrected chi connectivity index (χ2v) is 6.50. The highest BCUT2D eigenvalue weighted by atomic mass is 16.5. The van der Waals surface area contributed by atoms with Gasteiger partial charge < -0.3 is 19.4 Å². The summed E-state index contributed by atoms with van der Waals surface area (Å²) in [4.78, 5) is 42.3. The second kappa shape index (κ2) is 7.55. The van der Waals surface area contributed by atoms with Crippen molar-refractivity contribution in [3.63, 3.8) is 0 Å². The molecular formula is C20H17N5O4. The molecule has 0 atom stereocenters. The van der Waals surface area contributed by atoms with E-state index in [0.717, 1.165) is 5.56 Å². The van der Waals surface area contributed by atoms with Crippen LogP contribution in [0, 0.1) is 0 Å². The maximum atomic E-state index is 12.0. The summed E-state index contributed by atoms with van der Waals surface area (Å²) in [5.74, 6) is 0.421. The number of aromatic amines is 1. The zero-order chi connectivity index (χ0) is 20.4. The van der Waals surface area contributed by atoms with Crippen molar-refractivity contribution in [2.45, 2.75) is 13.0 Å². The minimum absolute atomic E-state index is 0.109. The third-order valence-corrected chi connectivity index (χ3v) is 4.48. The number of aryl methyl sites for hydroxylation is 1. The Morgan fingerprint density at radius 1 is 1.17 bits per heavy atom. The Hall–Kier alpha value is -4.01. The quantitative estimate of drug-likeness (QED) is 0.492. The number of nitrogens with zero attached hydrogens (tertiary/aromatic N) is 3. The Balaban J connectivity index is 1.49. The lowest BCUT2D eigenvalue weighted by molar-refractivity contribution is -0.120. The molecule has 0 bridgehead atoms. The van der Waals surface area contributed by atoms with Crippen LogP contribution in [0.1, 0.15) is 11.5 Å². The summed E-state index contributed by atoms with van der Waals surface area (Å²) in [6.07, 6.45) is 0.262. The first-order valence-corrected chi connectivity index (χ1v) is 8.88. The zero-order valence-electron chi connectivity index (χ0n) is 15.5. The summed E-state index contributed by atoms with van der Waals surface area (Å²) < 4.78 is 6.47. The van der Waals surface area contributed by atoms with E-state index in [1.807, 2.05) is 30.3 Å². The number of carbonyl (C=O) groups is 1. The molecule has 2 aromatic heterocycles.